The van der Waals surface area contributed by atoms with Crippen LogP contribution in [0.2, 0.25) is 0 Å². The van der Waals surface area contributed by atoms with E-state index in [1.165, 1.54) is 23.3 Å². The van der Waals surface area contributed by atoms with E-state index in [-0.39, 0.29) is 0 Å². The molecule has 8 nitrogen and oxygen atoms in total. The second kappa shape index (κ2) is 10.5. The molecule has 5 heterocycles. The van der Waals surface area contributed by atoms with Crippen LogP contribution in [-0.4, -0.2) is 89.1 Å². The Hall–Kier alpha value is -2.85. The number of anilines is 1. The molecule has 0 unspecified atom stereocenters. The molecule has 37 heavy (non-hydrogen) atoms. The molecule has 2 aliphatic heterocycles. The number of thiophene rings is 1. The Balaban J connectivity index is 1.32. The smallest absolute Gasteiger partial charge is 0.253 e. The third-order valence-corrected chi connectivity index (χ3v) is 8.58. The van der Waals surface area contributed by atoms with Gasteiger partial charge < -0.3 is 14.5 Å². The van der Waals surface area contributed by atoms with Gasteiger partial charge in [0, 0.05) is 55.4 Å². The Morgan fingerprint density at radius 3 is 2.59 bits per heavy atom. The van der Waals surface area contributed by atoms with Crippen LogP contribution in [0.1, 0.15) is 23.3 Å². The lowest BCUT2D eigenvalue weighted by Gasteiger charge is -2.34. The maximum absolute atomic E-state index is 5.63. The van der Waals surface area contributed by atoms with Crippen LogP contribution in [0.3, 0.4) is 0 Å². The molecule has 0 N–H and O–H groups in total. The van der Waals surface area contributed by atoms with Crippen LogP contribution in [0.15, 0.2) is 42.6 Å². The lowest BCUT2D eigenvalue weighted by Crippen LogP contribution is -2.41. The Bertz CT molecular complexity index is 1370. The lowest BCUT2D eigenvalue weighted by molar-refractivity contribution is 0.122. The van der Waals surface area contributed by atoms with Crippen molar-refractivity contribution >= 4 is 27.4 Å². The Kier molecular flexibility index (Phi) is 6.94. The van der Waals surface area contributed by atoms with Crippen molar-refractivity contribution in [2.75, 3.05) is 58.4 Å². The Labute approximate surface area is 222 Å². The Morgan fingerprint density at radius 2 is 1.84 bits per heavy atom. The highest BCUT2D eigenvalue weighted by Gasteiger charge is 2.24. The van der Waals surface area contributed by atoms with E-state index >= 15 is 0 Å². The molecule has 2 fully saturated rings. The molecule has 0 spiro atoms. The van der Waals surface area contributed by atoms with E-state index < -0.39 is 0 Å². The lowest BCUT2D eigenvalue weighted by atomic mass is 10.0. The molecule has 1 aromatic carbocycles. The van der Waals surface area contributed by atoms with E-state index in [1.54, 1.807) is 0 Å². The van der Waals surface area contributed by atoms with Crippen LogP contribution < -0.4 is 4.90 Å². The number of aromatic nitrogens is 4. The van der Waals surface area contributed by atoms with Gasteiger partial charge in [0.1, 0.15) is 0 Å². The van der Waals surface area contributed by atoms with Crippen molar-refractivity contribution in [2.24, 2.45) is 0 Å². The largest absolute Gasteiger partial charge is 0.378 e. The third-order valence-electron chi connectivity index (χ3n) is 7.48. The molecule has 9 heteroatoms. The minimum atomic E-state index is 0.615. The highest BCUT2D eigenvalue weighted by atomic mass is 32.1. The summed E-state index contributed by atoms with van der Waals surface area (Å²) in [5, 5.41) is 4.85. The number of hydrogen-bond acceptors (Lipinski definition) is 8. The molecule has 0 radical (unpaired) electrons. The first kappa shape index (κ1) is 24.5. The van der Waals surface area contributed by atoms with Gasteiger partial charge in [-0.3, -0.25) is 4.90 Å². The van der Waals surface area contributed by atoms with Crippen molar-refractivity contribution < 1.29 is 4.74 Å². The second-order valence-electron chi connectivity index (χ2n) is 10.4. The van der Waals surface area contributed by atoms with Gasteiger partial charge in [0.2, 0.25) is 0 Å². The number of nitrogens with zero attached hydrogens (tertiary/aromatic N) is 7. The molecule has 0 amide bonds. The molecule has 0 saturated carbocycles. The zero-order chi connectivity index (χ0) is 25.4. The first-order valence-corrected chi connectivity index (χ1v) is 14.0. The van der Waals surface area contributed by atoms with Crippen molar-refractivity contribution in [2.45, 2.75) is 32.4 Å². The fourth-order valence-corrected chi connectivity index (χ4v) is 6.49. The maximum Gasteiger partial charge on any atom is 0.253 e. The number of morpholine rings is 1. The van der Waals surface area contributed by atoms with Crippen molar-refractivity contribution in [3.8, 4) is 17.2 Å². The SMILES string of the molecule is Cc1cccc(-c2ccn(-c3nc(N4CCOCC4)c4sc(CN5CCC(N(C)C)CC5)cc4n3)n2)c1. The first-order chi connectivity index (χ1) is 18.0. The number of ether oxygens (including phenoxy) is 1. The topological polar surface area (TPSA) is 62.6 Å². The summed E-state index contributed by atoms with van der Waals surface area (Å²) in [6, 6.07) is 13.4. The van der Waals surface area contributed by atoms with E-state index in [0.717, 1.165) is 73.2 Å². The van der Waals surface area contributed by atoms with Gasteiger partial charge in [-0.1, -0.05) is 23.8 Å². The minimum Gasteiger partial charge on any atom is -0.378 e. The zero-order valence-corrected chi connectivity index (χ0v) is 22.7. The average Bonchev–Trinajstić information content (AvgIpc) is 3.56. The normalized spacial score (nSPS) is 17.8. The summed E-state index contributed by atoms with van der Waals surface area (Å²) in [6.45, 7) is 8.47. The molecule has 6 rings (SSSR count). The van der Waals surface area contributed by atoms with Crippen molar-refractivity contribution in [3.05, 3.63) is 53.0 Å². The van der Waals surface area contributed by atoms with E-state index in [9.17, 15) is 0 Å². The first-order valence-electron chi connectivity index (χ1n) is 13.2. The summed E-state index contributed by atoms with van der Waals surface area (Å²) in [7, 11) is 4.39. The standard InChI is InChI=1S/C28H35N7OS/c1-20-5-4-6-21(17-20)24-9-12-35(31-24)28-29-25-18-23(19-33-10-7-22(8-11-33)32(2)3)37-26(25)27(30-28)34-13-15-36-16-14-34/h4-6,9,12,17-18,22H,7-8,10-11,13-16,19H2,1-3H3. The third kappa shape index (κ3) is 5.27. The molecule has 194 valence electrons. The highest BCUT2D eigenvalue weighted by molar-refractivity contribution is 7.19. The van der Waals surface area contributed by atoms with Gasteiger partial charge in [-0.15, -0.1) is 11.3 Å². The summed E-state index contributed by atoms with van der Waals surface area (Å²) < 4.78 is 8.60. The summed E-state index contributed by atoms with van der Waals surface area (Å²) in [5.41, 5.74) is 4.25. The number of benzene rings is 1. The van der Waals surface area contributed by atoms with Gasteiger partial charge in [-0.05, 0) is 52.1 Å². The van der Waals surface area contributed by atoms with E-state index in [1.807, 2.05) is 28.3 Å². The molecule has 3 aromatic heterocycles. The van der Waals surface area contributed by atoms with Crippen LogP contribution in [0.25, 0.3) is 27.4 Å². The van der Waals surface area contributed by atoms with Gasteiger partial charge in [-0.25, -0.2) is 9.67 Å². The zero-order valence-electron chi connectivity index (χ0n) is 21.9. The summed E-state index contributed by atoms with van der Waals surface area (Å²) in [4.78, 5) is 18.7. The Morgan fingerprint density at radius 1 is 1.03 bits per heavy atom. The predicted molar refractivity (Wildman–Crippen MR) is 150 cm³/mol. The fourth-order valence-electron chi connectivity index (χ4n) is 5.33. The van der Waals surface area contributed by atoms with Crippen LogP contribution in [0, 0.1) is 6.92 Å². The van der Waals surface area contributed by atoms with E-state index in [4.69, 9.17) is 19.8 Å². The maximum atomic E-state index is 5.63. The van der Waals surface area contributed by atoms with Gasteiger partial charge in [0.25, 0.3) is 5.95 Å². The molecular weight excluding hydrogens is 482 g/mol. The number of hydrogen-bond donors (Lipinski definition) is 0. The van der Waals surface area contributed by atoms with Crippen LogP contribution >= 0.6 is 11.3 Å². The van der Waals surface area contributed by atoms with E-state index in [0.29, 0.717) is 12.0 Å². The number of aryl methyl sites for hydroxylation is 1. The summed E-state index contributed by atoms with van der Waals surface area (Å²) in [5.74, 6) is 1.61. The fraction of sp³-hybridized carbons (Fsp3) is 0.464. The van der Waals surface area contributed by atoms with Crippen molar-refractivity contribution in [1.82, 2.24) is 29.5 Å². The molecular formula is C28H35N7OS. The number of likely N-dealkylation sites (tertiary alicyclic amines) is 1. The van der Waals surface area contributed by atoms with Crippen LogP contribution in [0.4, 0.5) is 5.82 Å². The van der Waals surface area contributed by atoms with Gasteiger partial charge in [0.15, 0.2) is 5.82 Å². The molecule has 0 bridgehead atoms. The molecule has 0 atom stereocenters. The predicted octanol–water partition coefficient (Wildman–Crippen LogP) is 4.22. The van der Waals surface area contributed by atoms with E-state index in [2.05, 4.69) is 66.1 Å². The monoisotopic (exact) mass is 517 g/mol. The van der Waals surface area contributed by atoms with Gasteiger partial charge in [0.05, 0.1) is 29.1 Å². The molecule has 4 aromatic rings. The molecule has 0 aliphatic carbocycles. The summed E-state index contributed by atoms with van der Waals surface area (Å²) in [6.07, 6.45) is 4.41. The van der Waals surface area contributed by atoms with Crippen LogP contribution in [0.5, 0.6) is 0 Å². The number of rotatable bonds is 6. The van der Waals surface area contributed by atoms with Crippen LogP contribution in [-0.2, 0) is 11.3 Å². The molecule has 2 aliphatic rings. The minimum absolute atomic E-state index is 0.615. The van der Waals surface area contributed by atoms with Crippen molar-refractivity contribution in [3.63, 3.8) is 0 Å². The van der Waals surface area contributed by atoms with Gasteiger partial charge >= 0.3 is 0 Å². The van der Waals surface area contributed by atoms with Crippen molar-refractivity contribution in [1.29, 1.82) is 0 Å². The number of fused-ring (bicyclic) bond motifs is 1. The number of piperidine rings is 1. The quantitative estimate of drug-likeness (QED) is 0.380. The highest BCUT2D eigenvalue weighted by Crippen LogP contribution is 2.34. The van der Waals surface area contributed by atoms with Gasteiger partial charge in [-0.2, -0.15) is 10.1 Å². The average molecular weight is 518 g/mol. The second-order valence-corrected chi connectivity index (χ2v) is 11.5. The summed E-state index contributed by atoms with van der Waals surface area (Å²) >= 11 is 1.84. The molecule has 2 saturated heterocycles.